The number of imide groups is 1. The van der Waals surface area contributed by atoms with Crippen LogP contribution in [0.5, 0.6) is 0 Å². The van der Waals surface area contributed by atoms with E-state index in [-0.39, 0.29) is 17.2 Å². The van der Waals surface area contributed by atoms with Gasteiger partial charge in [0.25, 0.3) is 5.91 Å². The fourth-order valence-corrected chi connectivity index (χ4v) is 5.81. The Morgan fingerprint density at radius 2 is 1.58 bits per heavy atom. The van der Waals surface area contributed by atoms with Gasteiger partial charge in [0.2, 0.25) is 5.91 Å². The summed E-state index contributed by atoms with van der Waals surface area (Å²) in [5.74, 6) is 2.08. The van der Waals surface area contributed by atoms with E-state index in [0.29, 0.717) is 6.42 Å². The molecule has 0 saturated heterocycles. The Bertz CT molecular complexity index is 626. The van der Waals surface area contributed by atoms with Crippen molar-refractivity contribution in [3.8, 4) is 0 Å². The SMILES string of the molecule is O=C(/C=C/c1ccccc1)NC(=O)CC12CC3CC(CC(C3)C1)C2. The van der Waals surface area contributed by atoms with Crippen molar-refractivity contribution in [2.45, 2.75) is 44.9 Å². The zero-order valence-corrected chi connectivity index (χ0v) is 14.0. The van der Waals surface area contributed by atoms with Gasteiger partial charge in [-0.1, -0.05) is 30.3 Å². The van der Waals surface area contributed by atoms with Crippen LogP contribution in [0.2, 0.25) is 0 Å². The number of rotatable bonds is 4. The number of hydrogen-bond acceptors (Lipinski definition) is 2. The van der Waals surface area contributed by atoms with Crippen molar-refractivity contribution >= 4 is 17.9 Å². The van der Waals surface area contributed by atoms with Gasteiger partial charge in [-0.2, -0.15) is 0 Å². The smallest absolute Gasteiger partial charge is 0.250 e. The van der Waals surface area contributed by atoms with Crippen LogP contribution in [0.1, 0.15) is 50.5 Å². The molecule has 4 saturated carbocycles. The van der Waals surface area contributed by atoms with Crippen molar-refractivity contribution in [3.05, 3.63) is 42.0 Å². The molecule has 3 nitrogen and oxygen atoms in total. The average molecular weight is 323 g/mol. The van der Waals surface area contributed by atoms with E-state index in [1.54, 1.807) is 6.08 Å². The Morgan fingerprint density at radius 1 is 1.00 bits per heavy atom. The lowest BCUT2D eigenvalue weighted by Crippen LogP contribution is -2.48. The minimum absolute atomic E-state index is 0.0975. The summed E-state index contributed by atoms with van der Waals surface area (Å²) < 4.78 is 0. The predicted octanol–water partition coefficient (Wildman–Crippen LogP) is 3.95. The first kappa shape index (κ1) is 15.6. The van der Waals surface area contributed by atoms with E-state index in [2.05, 4.69) is 5.32 Å². The summed E-state index contributed by atoms with van der Waals surface area (Å²) in [4.78, 5) is 24.4. The number of hydrogen-bond donors (Lipinski definition) is 1. The second kappa shape index (κ2) is 6.19. The van der Waals surface area contributed by atoms with Crippen molar-refractivity contribution in [1.29, 1.82) is 0 Å². The van der Waals surface area contributed by atoms with E-state index in [1.807, 2.05) is 30.3 Å². The highest BCUT2D eigenvalue weighted by Crippen LogP contribution is 2.61. The topological polar surface area (TPSA) is 46.2 Å². The predicted molar refractivity (Wildman–Crippen MR) is 93.8 cm³/mol. The first-order chi connectivity index (χ1) is 11.6. The fourth-order valence-electron chi connectivity index (χ4n) is 5.81. The van der Waals surface area contributed by atoms with Gasteiger partial charge in [-0.3, -0.25) is 14.9 Å². The molecule has 4 aliphatic rings. The van der Waals surface area contributed by atoms with Gasteiger partial charge in [-0.15, -0.1) is 0 Å². The first-order valence-electron chi connectivity index (χ1n) is 9.17. The van der Waals surface area contributed by atoms with E-state index < -0.39 is 0 Å². The maximum atomic E-state index is 12.4. The molecule has 24 heavy (non-hydrogen) atoms. The molecule has 0 radical (unpaired) electrons. The van der Waals surface area contributed by atoms with Crippen molar-refractivity contribution in [3.63, 3.8) is 0 Å². The molecular formula is C21H25NO2. The van der Waals surface area contributed by atoms with Crippen LogP contribution in [0.3, 0.4) is 0 Å². The van der Waals surface area contributed by atoms with Crippen LogP contribution in [0, 0.1) is 23.2 Å². The molecule has 1 aromatic carbocycles. The maximum Gasteiger partial charge on any atom is 0.250 e. The maximum absolute atomic E-state index is 12.4. The van der Waals surface area contributed by atoms with Gasteiger partial charge in [-0.05, 0) is 73.3 Å². The summed E-state index contributed by atoms with van der Waals surface area (Å²) in [6, 6.07) is 9.65. The third kappa shape index (κ3) is 3.31. The lowest BCUT2D eigenvalue weighted by Gasteiger charge is -2.56. The van der Waals surface area contributed by atoms with Crippen molar-refractivity contribution in [2.24, 2.45) is 23.2 Å². The Kier molecular flexibility index (Phi) is 4.03. The van der Waals surface area contributed by atoms with Gasteiger partial charge in [0, 0.05) is 12.5 Å². The van der Waals surface area contributed by atoms with Gasteiger partial charge in [0.15, 0.2) is 0 Å². The normalized spacial score (nSPS) is 33.8. The second-order valence-electron chi connectivity index (χ2n) is 8.25. The number of benzene rings is 1. The van der Waals surface area contributed by atoms with E-state index in [9.17, 15) is 9.59 Å². The number of amides is 2. The van der Waals surface area contributed by atoms with Crippen LogP contribution >= 0.6 is 0 Å². The average Bonchev–Trinajstić information content (AvgIpc) is 2.52. The molecule has 4 bridgehead atoms. The first-order valence-corrected chi connectivity index (χ1v) is 9.17. The van der Waals surface area contributed by atoms with E-state index >= 15 is 0 Å². The minimum Gasteiger partial charge on any atom is -0.293 e. The molecule has 0 aromatic heterocycles. The largest absolute Gasteiger partial charge is 0.293 e. The zero-order valence-electron chi connectivity index (χ0n) is 14.0. The molecule has 1 N–H and O–H groups in total. The van der Waals surface area contributed by atoms with Crippen molar-refractivity contribution < 1.29 is 9.59 Å². The Morgan fingerprint density at radius 3 is 2.17 bits per heavy atom. The Balaban J connectivity index is 1.34. The van der Waals surface area contributed by atoms with Crippen LogP contribution in [0.15, 0.2) is 36.4 Å². The quantitative estimate of drug-likeness (QED) is 0.853. The number of carbonyl (C=O) groups is 2. The summed E-state index contributed by atoms with van der Waals surface area (Å²) in [5.41, 5.74) is 1.14. The summed E-state index contributed by atoms with van der Waals surface area (Å²) in [6.07, 6.45) is 11.4. The molecule has 0 aliphatic heterocycles. The van der Waals surface area contributed by atoms with Gasteiger partial charge < -0.3 is 0 Å². The highest BCUT2D eigenvalue weighted by molar-refractivity contribution is 6.02. The van der Waals surface area contributed by atoms with Crippen LogP contribution < -0.4 is 5.32 Å². The summed E-state index contributed by atoms with van der Waals surface area (Å²) in [6.45, 7) is 0. The molecule has 4 fully saturated rings. The van der Waals surface area contributed by atoms with E-state index in [1.165, 1.54) is 44.6 Å². The fraction of sp³-hybridized carbons (Fsp3) is 0.524. The molecule has 126 valence electrons. The molecule has 0 atom stereocenters. The van der Waals surface area contributed by atoms with Crippen LogP contribution in [0.25, 0.3) is 6.08 Å². The summed E-state index contributed by atoms with van der Waals surface area (Å²) in [7, 11) is 0. The molecule has 2 amide bonds. The van der Waals surface area contributed by atoms with E-state index in [0.717, 1.165) is 23.3 Å². The Labute approximate surface area is 143 Å². The second-order valence-corrected chi connectivity index (χ2v) is 8.25. The lowest BCUT2D eigenvalue weighted by molar-refractivity contribution is -0.133. The number of carbonyl (C=O) groups excluding carboxylic acids is 2. The molecule has 4 aliphatic carbocycles. The third-order valence-electron chi connectivity index (χ3n) is 6.19. The van der Waals surface area contributed by atoms with E-state index in [4.69, 9.17) is 0 Å². The van der Waals surface area contributed by atoms with Gasteiger partial charge in [0.05, 0.1) is 0 Å². The lowest BCUT2D eigenvalue weighted by atomic mass is 9.49. The van der Waals surface area contributed by atoms with Gasteiger partial charge in [0.1, 0.15) is 0 Å². The van der Waals surface area contributed by atoms with Gasteiger partial charge >= 0.3 is 0 Å². The van der Waals surface area contributed by atoms with Crippen LogP contribution in [-0.4, -0.2) is 11.8 Å². The van der Waals surface area contributed by atoms with Gasteiger partial charge in [-0.25, -0.2) is 0 Å². The molecule has 5 rings (SSSR count). The minimum atomic E-state index is -0.311. The standard InChI is InChI=1S/C21H25NO2/c23-19(7-6-15-4-2-1-3-5-15)22-20(24)14-21-11-16-8-17(12-21)10-18(9-16)13-21/h1-7,16-18H,8-14H2,(H,22,23,24)/b7-6+. The van der Waals surface area contributed by atoms with Crippen molar-refractivity contribution in [2.75, 3.05) is 0 Å². The molecular weight excluding hydrogens is 298 g/mol. The highest BCUT2D eigenvalue weighted by Gasteiger charge is 2.51. The highest BCUT2D eigenvalue weighted by atomic mass is 16.2. The summed E-state index contributed by atoms with van der Waals surface area (Å²) in [5, 5.41) is 2.56. The molecule has 3 heteroatoms. The van der Waals surface area contributed by atoms with Crippen molar-refractivity contribution in [1.82, 2.24) is 5.32 Å². The Hall–Kier alpha value is -1.90. The zero-order chi connectivity index (χ0) is 16.6. The molecule has 0 heterocycles. The monoisotopic (exact) mass is 323 g/mol. The molecule has 0 unspecified atom stereocenters. The molecule has 1 aromatic rings. The third-order valence-corrected chi connectivity index (χ3v) is 6.19. The van der Waals surface area contributed by atoms with Crippen LogP contribution in [0.4, 0.5) is 0 Å². The van der Waals surface area contributed by atoms with Crippen LogP contribution in [-0.2, 0) is 9.59 Å². The summed E-state index contributed by atoms with van der Waals surface area (Å²) >= 11 is 0. The molecule has 0 spiro atoms. The number of nitrogens with one attached hydrogen (secondary N) is 1.